The van der Waals surface area contributed by atoms with E-state index < -0.39 is 24.3 Å². The minimum atomic E-state index is -2.72. The van der Waals surface area contributed by atoms with Crippen molar-refractivity contribution in [2.45, 2.75) is 13.0 Å². The average molecular weight is 175 g/mol. The number of hydrogen-bond acceptors (Lipinski definition) is 2. The van der Waals surface area contributed by atoms with Crippen molar-refractivity contribution in [2.75, 3.05) is 0 Å². The smallest absolute Gasteiger partial charge is 0.278 e. The monoisotopic (exact) mass is 175 g/mol. The number of aromatic amines is 1. The Hall–Kier alpha value is -1.23. The van der Waals surface area contributed by atoms with Gasteiger partial charge in [0.15, 0.2) is 0 Å². The molecule has 0 spiro atoms. The number of alkyl halides is 2. The standard InChI is InChI=1S/C7H7F2NO2/c8-7(9)5-1-4(3-11)2-6(12)10-5/h1-2,7,11H,3H2,(H,10,12). The number of aromatic nitrogens is 1. The Kier molecular flexibility index (Phi) is 2.54. The fourth-order valence-corrected chi connectivity index (χ4v) is 0.833. The summed E-state index contributed by atoms with van der Waals surface area (Å²) in [6, 6.07) is 2.14. The molecule has 66 valence electrons. The van der Waals surface area contributed by atoms with Crippen molar-refractivity contribution in [3.05, 3.63) is 33.7 Å². The van der Waals surface area contributed by atoms with E-state index in [9.17, 15) is 13.6 Å². The van der Waals surface area contributed by atoms with Gasteiger partial charge in [0.1, 0.15) is 0 Å². The van der Waals surface area contributed by atoms with Crippen LogP contribution in [0.1, 0.15) is 17.7 Å². The van der Waals surface area contributed by atoms with Gasteiger partial charge in [-0.05, 0) is 11.6 Å². The maximum atomic E-state index is 12.0. The number of H-pyrrole nitrogens is 1. The highest BCUT2D eigenvalue weighted by Gasteiger charge is 2.08. The lowest BCUT2D eigenvalue weighted by atomic mass is 10.2. The second-order valence-corrected chi connectivity index (χ2v) is 2.27. The van der Waals surface area contributed by atoms with Crippen LogP contribution in [-0.2, 0) is 6.61 Å². The summed E-state index contributed by atoms with van der Waals surface area (Å²) in [7, 11) is 0. The van der Waals surface area contributed by atoms with E-state index in [1.807, 2.05) is 4.98 Å². The van der Waals surface area contributed by atoms with Crippen LogP contribution in [0.5, 0.6) is 0 Å². The van der Waals surface area contributed by atoms with Crippen LogP contribution in [-0.4, -0.2) is 10.1 Å². The molecule has 0 atom stereocenters. The second-order valence-electron chi connectivity index (χ2n) is 2.27. The van der Waals surface area contributed by atoms with Gasteiger partial charge in [-0.3, -0.25) is 4.79 Å². The number of aliphatic hydroxyl groups is 1. The molecule has 0 fully saturated rings. The fourth-order valence-electron chi connectivity index (χ4n) is 0.833. The van der Waals surface area contributed by atoms with Crippen molar-refractivity contribution in [1.29, 1.82) is 0 Å². The third kappa shape index (κ3) is 1.88. The van der Waals surface area contributed by atoms with E-state index in [1.54, 1.807) is 0 Å². The Morgan fingerprint density at radius 2 is 2.17 bits per heavy atom. The summed E-state index contributed by atoms with van der Waals surface area (Å²) in [5.74, 6) is 0. The van der Waals surface area contributed by atoms with Crippen molar-refractivity contribution >= 4 is 0 Å². The highest BCUT2D eigenvalue weighted by Crippen LogP contribution is 2.15. The van der Waals surface area contributed by atoms with Crippen LogP contribution in [0.2, 0.25) is 0 Å². The third-order valence-electron chi connectivity index (χ3n) is 1.34. The molecule has 1 aromatic rings. The van der Waals surface area contributed by atoms with Gasteiger partial charge in [-0.15, -0.1) is 0 Å². The van der Waals surface area contributed by atoms with Crippen molar-refractivity contribution in [2.24, 2.45) is 0 Å². The van der Waals surface area contributed by atoms with Gasteiger partial charge in [0.2, 0.25) is 5.56 Å². The molecule has 5 heteroatoms. The molecule has 1 heterocycles. The molecule has 0 aliphatic heterocycles. The Labute approximate surface area is 66.7 Å². The lowest BCUT2D eigenvalue weighted by molar-refractivity contribution is 0.145. The maximum absolute atomic E-state index is 12.0. The van der Waals surface area contributed by atoms with Crippen molar-refractivity contribution in [3.8, 4) is 0 Å². The quantitative estimate of drug-likeness (QED) is 0.698. The number of hydrogen-bond donors (Lipinski definition) is 2. The highest BCUT2D eigenvalue weighted by atomic mass is 19.3. The van der Waals surface area contributed by atoms with Crippen LogP contribution >= 0.6 is 0 Å². The van der Waals surface area contributed by atoms with Crippen LogP contribution in [0.4, 0.5) is 8.78 Å². The predicted molar refractivity (Wildman–Crippen MR) is 37.9 cm³/mol. The Balaban J connectivity index is 3.15. The zero-order valence-electron chi connectivity index (χ0n) is 6.05. The summed E-state index contributed by atoms with van der Waals surface area (Å²) in [6.07, 6.45) is -2.72. The zero-order chi connectivity index (χ0) is 9.14. The zero-order valence-corrected chi connectivity index (χ0v) is 6.05. The van der Waals surface area contributed by atoms with Crippen molar-refractivity contribution in [1.82, 2.24) is 4.98 Å². The lowest BCUT2D eigenvalue weighted by Crippen LogP contribution is -2.09. The number of nitrogens with one attached hydrogen (secondary N) is 1. The molecular weight excluding hydrogens is 168 g/mol. The van der Waals surface area contributed by atoms with Gasteiger partial charge < -0.3 is 10.1 Å². The number of rotatable bonds is 2. The first-order valence-corrected chi connectivity index (χ1v) is 3.25. The van der Waals surface area contributed by atoms with Gasteiger partial charge >= 0.3 is 0 Å². The Morgan fingerprint density at radius 1 is 1.50 bits per heavy atom. The van der Waals surface area contributed by atoms with E-state index in [0.717, 1.165) is 12.1 Å². The van der Waals surface area contributed by atoms with E-state index in [4.69, 9.17) is 5.11 Å². The molecule has 0 saturated carbocycles. The minimum absolute atomic E-state index is 0.189. The van der Waals surface area contributed by atoms with Gasteiger partial charge in [0.25, 0.3) is 6.43 Å². The predicted octanol–water partition coefficient (Wildman–Crippen LogP) is 0.805. The molecule has 0 unspecified atom stereocenters. The first-order valence-electron chi connectivity index (χ1n) is 3.25. The molecule has 3 nitrogen and oxygen atoms in total. The summed E-state index contributed by atoms with van der Waals surface area (Å²) in [5.41, 5.74) is -0.905. The van der Waals surface area contributed by atoms with E-state index >= 15 is 0 Å². The fraction of sp³-hybridized carbons (Fsp3) is 0.286. The van der Waals surface area contributed by atoms with E-state index in [2.05, 4.69) is 0 Å². The molecule has 2 N–H and O–H groups in total. The molecule has 0 aliphatic carbocycles. The molecule has 0 bridgehead atoms. The molecule has 0 amide bonds. The lowest BCUT2D eigenvalue weighted by Gasteiger charge is -2.00. The Morgan fingerprint density at radius 3 is 2.67 bits per heavy atom. The van der Waals surface area contributed by atoms with Gasteiger partial charge in [-0.1, -0.05) is 0 Å². The van der Waals surface area contributed by atoms with Crippen LogP contribution in [0.25, 0.3) is 0 Å². The number of pyridine rings is 1. The third-order valence-corrected chi connectivity index (χ3v) is 1.34. The molecule has 0 radical (unpaired) electrons. The summed E-state index contributed by atoms with van der Waals surface area (Å²) in [6.45, 7) is -0.413. The van der Waals surface area contributed by atoms with Crippen LogP contribution in [0.3, 0.4) is 0 Å². The highest BCUT2D eigenvalue weighted by molar-refractivity contribution is 5.16. The summed E-state index contributed by atoms with van der Waals surface area (Å²) >= 11 is 0. The van der Waals surface area contributed by atoms with Gasteiger partial charge in [-0.25, -0.2) is 8.78 Å². The molecular formula is C7H7F2NO2. The molecule has 0 aliphatic rings. The van der Waals surface area contributed by atoms with Crippen LogP contribution < -0.4 is 5.56 Å². The first-order chi connectivity index (χ1) is 5.63. The summed E-state index contributed by atoms with van der Waals surface area (Å²) in [5, 5.41) is 8.57. The van der Waals surface area contributed by atoms with Gasteiger partial charge in [-0.2, -0.15) is 0 Å². The molecule has 0 saturated heterocycles. The van der Waals surface area contributed by atoms with Crippen molar-refractivity contribution < 1.29 is 13.9 Å². The normalized spacial score (nSPS) is 10.7. The average Bonchev–Trinajstić information content (AvgIpc) is 2.03. The molecule has 1 rings (SSSR count). The van der Waals surface area contributed by atoms with Crippen LogP contribution in [0.15, 0.2) is 16.9 Å². The summed E-state index contributed by atoms with van der Waals surface area (Å²) < 4.78 is 24.0. The summed E-state index contributed by atoms with van der Waals surface area (Å²) in [4.78, 5) is 12.6. The topological polar surface area (TPSA) is 53.1 Å². The molecule has 12 heavy (non-hydrogen) atoms. The molecule has 1 aromatic heterocycles. The van der Waals surface area contributed by atoms with Gasteiger partial charge in [0.05, 0.1) is 12.3 Å². The first kappa shape index (κ1) is 8.86. The van der Waals surface area contributed by atoms with E-state index in [-0.39, 0.29) is 5.56 Å². The SMILES string of the molecule is O=c1cc(CO)cc(C(F)F)[nH]1. The minimum Gasteiger partial charge on any atom is -0.392 e. The molecule has 0 aromatic carbocycles. The number of halogens is 2. The van der Waals surface area contributed by atoms with Crippen LogP contribution in [0, 0.1) is 0 Å². The van der Waals surface area contributed by atoms with Gasteiger partial charge in [0, 0.05) is 6.07 Å². The largest absolute Gasteiger partial charge is 0.392 e. The van der Waals surface area contributed by atoms with E-state index in [0.29, 0.717) is 0 Å². The maximum Gasteiger partial charge on any atom is 0.278 e. The Bertz CT molecular complexity index is 321. The second kappa shape index (κ2) is 3.44. The number of aliphatic hydroxyl groups excluding tert-OH is 1. The van der Waals surface area contributed by atoms with Crippen molar-refractivity contribution in [3.63, 3.8) is 0 Å². The van der Waals surface area contributed by atoms with E-state index in [1.165, 1.54) is 0 Å².